The monoisotopic (exact) mass is 293 g/mol. The van der Waals surface area contributed by atoms with Crippen LogP contribution in [0.4, 0.5) is 4.39 Å². The summed E-state index contributed by atoms with van der Waals surface area (Å²) in [6.45, 7) is 2.00. The maximum Gasteiger partial charge on any atom is 0.130 e. The van der Waals surface area contributed by atoms with Gasteiger partial charge in [0.25, 0.3) is 0 Å². The Morgan fingerprint density at radius 1 is 1.53 bits per heavy atom. The molecule has 5 heteroatoms. The van der Waals surface area contributed by atoms with Gasteiger partial charge in [-0.1, -0.05) is 11.6 Å². The minimum atomic E-state index is -0.292. The molecule has 1 atom stereocenters. The molecule has 82 valence electrons. The molecule has 1 fully saturated rings. The third-order valence-corrected chi connectivity index (χ3v) is 3.73. The molecule has 0 aliphatic carbocycles. The van der Waals surface area contributed by atoms with Gasteiger partial charge in [0, 0.05) is 23.1 Å². The summed E-state index contributed by atoms with van der Waals surface area (Å²) in [7, 11) is 0. The van der Waals surface area contributed by atoms with Gasteiger partial charge < -0.3 is 10.1 Å². The van der Waals surface area contributed by atoms with E-state index in [1.54, 1.807) is 0 Å². The molecule has 1 aromatic carbocycles. The molecule has 1 heterocycles. The predicted molar refractivity (Wildman–Crippen MR) is 60.7 cm³/mol. The molecule has 2 rings (SSSR count). The molecular weight excluding hydrogens is 284 g/mol. The Hall–Kier alpha value is -0.160. The quantitative estimate of drug-likeness (QED) is 0.804. The standard InChI is InChI=1S/C10H10BrClFNO/c11-10-6(12)1-2-7(13)9(10)8-5-14-3-4-15-8/h1-2,8,14H,3-5H2. The zero-order valence-electron chi connectivity index (χ0n) is 7.90. The molecule has 1 aliphatic heterocycles. The van der Waals surface area contributed by atoms with Crippen molar-refractivity contribution in [2.45, 2.75) is 6.10 Å². The summed E-state index contributed by atoms with van der Waals surface area (Å²) < 4.78 is 19.7. The number of morpholine rings is 1. The molecule has 0 aromatic heterocycles. The molecule has 1 aromatic rings. The summed E-state index contributed by atoms with van der Waals surface area (Å²) >= 11 is 9.20. The molecule has 0 radical (unpaired) electrons. The van der Waals surface area contributed by atoms with Crippen LogP contribution in [0.1, 0.15) is 11.7 Å². The summed E-state index contributed by atoms with van der Waals surface area (Å²) in [6, 6.07) is 2.89. The first kappa shape index (κ1) is 11.3. The van der Waals surface area contributed by atoms with E-state index in [9.17, 15) is 4.39 Å². The average molecular weight is 295 g/mol. The van der Waals surface area contributed by atoms with Crippen molar-refractivity contribution < 1.29 is 9.13 Å². The summed E-state index contributed by atoms with van der Waals surface area (Å²) in [5.74, 6) is -0.292. The van der Waals surface area contributed by atoms with Crippen LogP contribution >= 0.6 is 27.5 Å². The first-order valence-electron chi connectivity index (χ1n) is 4.66. The van der Waals surface area contributed by atoms with E-state index in [1.165, 1.54) is 12.1 Å². The second-order valence-corrected chi connectivity index (χ2v) is 4.52. The van der Waals surface area contributed by atoms with Gasteiger partial charge in [-0.3, -0.25) is 0 Å². The van der Waals surface area contributed by atoms with Crippen LogP contribution in [0.15, 0.2) is 16.6 Å². The number of halogens is 3. The summed E-state index contributed by atoms with van der Waals surface area (Å²) in [6.07, 6.45) is -0.271. The summed E-state index contributed by atoms with van der Waals surface area (Å²) in [5.41, 5.74) is 0.495. The van der Waals surface area contributed by atoms with Gasteiger partial charge in [0.1, 0.15) is 5.82 Å². The molecule has 1 aliphatic rings. The highest BCUT2D eigenvalue weighted by Crippen LogP contribution is 2.34. The third kappa shape index (κ3) is 2.33. The average Bonchev–Trinajstić information content (AvgIpc) is 2.26. The van der Waals surface area contributed by atoms with Crippen molar-refractivity contribution in [2.24, 2.45) is 0 Å². The number of hydrogen-bond donors (Lipinski definition) is 1. The Kier molecular flexibility index (Phi) is 3.61. The molecule has 0 bridgehead atoms. The van der Waals surface area contributed by atoms with Crippen molar-refractivity contribution in [1.82, 2.24) is 5.32 Å². The van der Waals surface area contributed by atoms with Gasteiger partial charge in [-0.15, -0.1) is 0 Å². The van der Waals surface area contributed by atoms with E-state index in [4.69, 9.17) is 16.3 Å². The van der Waals surface area contributed by atoms with Crippen LogP contribution in [0.2, 0.25) is 5.02 Å². The van der Waals surface area contributed by atoms with Crippen LogP contribution in [0.25, 0.3) is 0 Å². The van der Waals surface area contributed by atoms with Crippen LogP contribution in [-0.4, -0.2) is 19.7 Å². The number of benzene rings is 1. The van der Waals surface area contributed by atoms with Crippen molar-refractivity contribution in [2.75, 3.05) is 19.7 Å². The van der Waals surface area contributed by atoms with E-state index in [0.717, 1.165) is 6.54 Å². The van der Waals surface area contributed by atoms with Gasteiger partial charge in [-0.25, -0.2) is 4.39 Å². The van der Waals surface area contributed by atoms with Crippen LogP contribution in [-0.2, 0) is 4.74 Å². The maximum absolute atomic E-state index is 13.6. The van der Waals surface area contributed by atoms with Crippen molar-refractivity contribution >= 4 is 27.5 Å². The first-order chi connectivity index (χ1) is 7.20. The molecule has 1 unspecified atom stereocenters. The largest absolute Gasteiger partial charge is 0.371 e. The topological polar surface area (TPSA) is 21.3 Å². The molecular formula is C10H10BrClFNO. The van der Waals surface area contributed by atoms with E-state index in [2.05, 4.69) is 21.2 Å². The number of rotatable bonds is 1. The van der Waals surface area contributed by atoms with Crippen LogP contribution in [0.5, 0.6) is 0 Å². The zero-order valence-corrected chi connectivity index (χ0v) is 10.2. The first-order valence-corrected chi connectivity index (χ1v) is 5.83. The van der Waals surface area contributed by atoms with Crippen LogP contribution in [0.3, 0.4) is 0 Å². The Morgan fingerprint density at radius 3 is 3.00 bits per heavy atom. The smallest absolute Gasteiger partial charge is 0.130 e. The highest BCUT2D eigenvalue weighted by molar-refractivity contribution is 9.10. The van der Waals surface area contributed by atoms with E-state index in [1.807, 2.05) is 0 Å². The fourth-order valence-corrected chi connectivity index (χ4v) is 2.33. The normalized spacial score (nSPS) is 21.7. The minimum Gasteiger partial charge on any atom is -0.371 e. The fourth-order valence-electron chi connectivity index (χ4n) is 1.59. The molecule has 1 saturated heterocycles. The van der Waals surface area contributed by atoms with Crippen molar-refractivity contribution in [1.29, 1.82) is 0 Å². The molecule has 0 amide bonds. The van der Waals surface area contributed by atoms with Crippen LogP contribution in [0, 0.1) is 5.82 Å². The lowest BCUT2D eigenvalue weighted by molar-refractivity contribution is 0.0251. The molecule has 15 heavy (non-hydrogen) atoms. The Morgan fingerprint density at radius 2 is 2.33 bits per heavy atom. The van der Waals surface area contributed by atoms with E-state index >= 15 is 0 Å². The number of ether oxygens (including phenoxy) is 1. The lowest BCUT2D eigenvalue weighted by Crippen LogP contribution is -2.34. The third-order valence-electron chi connectivity index (χ3n) is 2.33. The Balaban J connectivity index is 2.36. The van der Waals surface area contributed by atoms with Gasteiger partial charge in [0.05, 0.1) is 17.7 Å². The molecule has 0 spiro atoms. The summed E-state index contributed by atoms with van der Waals surface area (Å²) in [4.78, 5) is 0. The fraction of sp³-hybridized carbons (Fsp3) is 0.400. The zero-order chi connectivity index (χ0) is 10.8. The second-order valence-electron chi connectivity index (χ2n) is 3.32. The van der Waals surface area contributed by atoms with Crippen molar-refractivity contribution in [3.63, 3.8) is 0 Å². The maximum atomic E-state index is 13.6. The lowest BCUT2D eigenvalue weighted by Gasteiger charge is -2.25. The highest BCUT2D eigenvalue weighted by Gasteiger charge is 2.23. The molecule has 1 N–H and O–H groups in total. The van der Waals surface area contributed by atoms with Gasteiger partial charge in [0.15, 0.2) is 0 Å². The van der Waals surface area contributed by atoms with Gasteiger partial charge in [-0.2, -0.15) is 0 Å². The number of hydrogen-bond acceptors (Lipinski definition) is 2. The Bertz CT molecular complexity index is 369. The predicted octanol–water partition coefficient (Wildman–Crippen LogP) is 2.90. The Labute approximate surface area is 101 Å². The van der Waals surface area contributed by atoms with E-state index in [-0.39, 0.29) is 11.9 Å². The lowest BCUT2D eigenvalue weighted by atomic mass is 10.1. The van der Waals surface area contributed by atoms with Gasteiger partial charge >= 0.3 is 0 Å². The number of nitrogens with one attached hydrogen (secondary N) is 1. The van der Waals surface area contributed by atoms with Gasteiger partial charge in [0.2, 0.25) is 0 Å². The highest BCUT2D eigenvalue weighted by atomic mass is 79.9. The van der Waals surface area contributed by atoms with Gasteiger partial charge in [-0.05, 0) is 28.1 Å². The van der Waals surface area contributed by atoms with Crippen molar-refractivity contribution in [3.05, 3.63) is 33.0 Å². The van der Waals surface area contributed by atoms with Crippen molar-refractivity contribution in [3.8, 4) is 0 Å². The second kappa shape index (κ2) is 4.78. The summed E-state index contributed by atoms with van der Waals surface area (Å²) in [5, 5.41) is 3.65. The molecule has 2 nitrogen and oxygen atoms in total. The SMILES string of the molecule is Fc1ccc(Cl)c(Br)c1C1CNCCO1. The molecule has 0 saturated carbocycles. The minimum absolute atomic E-state index is 0.271. The van der Waals surface area contributed by atoms with E-state index < -0.39 is 0 Å². The van der Waals surface area contributed by atoms with Crippen LogP contribution < -0.4 is 5.32 Å². The van der Waals surface area contributed by atoms with E-state index in [0.29, 0.717) is 28.2 Å².